The molecule has 4 rings (SSSR count). The second kappa shape index (κ2) is 5.86. The van der Waals surface area contributed by atoms with Crippen molar-refractivity contribution >= 4 is 17.0 Å². The lowest BCUT2D eigenvalue weighted by atomic mass is 10.1. The van der Waals surface area contributed by atoms with E-state index in [1.54, 1.807) is 23.0 Å². The van der Waals surface area contributed by atoms with Crippen LogP contribution in [0.2, 0.25) is 0 Å². The van der Waals surface area contributed by atoms with Gasteiger partial charge < -0.3 is 10.5 Å². The molecule has 0 saturated heterocycles. The predicted octanol–water partition coefficient (Wildman–Crippen LogP) is 2.05. The van der Waals surface area contributed by atoms with Gasteiger partial charge in [-0.15, -0.1) is 5.10 Å². The van der Waals surface area contributed by atoms with Gasteiger partial charge in [0.1, 0.15) is 18.2 Å². The Morgan fingerprint density at radius 1 is 1.28 bits per heavy atom. The lowest BCUT2D eigenvalue weighted by molar-refractivity contribution is 0.303. The Labute approximate surface area is 141 Å². The van der Waals surface area contributed by atoms with E-state index in [9.17, 15) is 4.39 Å². The SMILES string of the molecule is Cn1cc(-c2ccc(F)c(COc3cc(N)nc4[nH]nnc34)c2)cn1. The van der Waals surface area contributed by atoms with Crippen molar-refractivity contribution in [3.05, 3.63) is 48.0 Å². The van der Waals surface area contributed by atoms with Gasteiger partial charge in [0, 0.05) is 30.4 Å². The van der Waals surface area contributed by atoms with Gasteiger partial charge in [0.2, 0.25) is 0 Å². The predicted molar refractivity (Wildman–Crippen MR) is 89.0 cm³/mol. The number of nitrogens with one attached hydrogen (secondary N) is 1. The number of ether oxygens (including phenoxy) is 1. The minimum Gasteiger partial charge on any atom is -0.486 e. The maximum atomic E-state index is 14.2. The summed E-state index contributed by atoms with van der Waals surface area (Å²) in [6.07, 6.45) is 3.58. The van der Waals surface area contributed by atoms with Gasteiger partial charge in [-0.25, -0.2) is 14.5 Å². The number of nitrogens with zero attached hydrogens (tertiary/aromatic N) is 5. The number of anilines is 1. The van der Waals surface area contributed by atoms with Gasteiger partial charge >= 0.3 is 0 Å². The maximum Gasteiger partial charge on any atom is 0.181 e. The van der Waals surface area contributed by atoms with Gasteiger partial charge in [0.15, 0.2) is 16.9 Å². The Kier molecular flexibility index (Phi) is 3.53. The normalized spacial score (nSPS) is 11.1. The van der Waals surface area contributed by atoms with Gasteiger partial charge in [-0.05, 0) is 17.7 Å². The third kappa shape index (κ3) is 2.87. The van der Waals surface area contributed by atoms with Crippen molar-refractivity contribution in [1.29, 1.82) is 0 Å². The van der Waals surface area contributed by atoms with E-state index in [1.165, 1.54) is 12.1 Å². The summed E-state index contributed by atoms with van der Waals surface area (Å²) in [6.45, 7) is 0.0192. The summed E-state index contributed by atoms with van der Waals surface area (Å²) in [6, 6.07) is 6.38. The molecule has 0 bridgehead atoms. The molecule has 0 unspecified atom stereocenters. The Morgan fingerprint density at radius 2 is 2.16 bits per heavy atom. The molecule has 126 valence electrons. The average molecular weight is 339 g/mol. The van der Waals surface area contributed by atoms with Gasteiger partial charge in [-0.3, -0.25) is 4.68 Å². The standard InChI is InChI=1S/C16H14FN7O/c1-24-7-11(6-19-24)9-2-3-12(17)10(4-9)8-25-13-5-14(18)20-16-15(13)21-23-22-16/h2-7H,8H2,1H3,(H3,18,20,21,22,23). The summed E-state index contributed by atoms with van der Waals surface area (Å²) in [5.41, 5.74) is 8.76. The zero-order valence-electron chi connectivity index (χ0n) is 13.3. The highest BCUT2D eigenvalue weighted by molar-refractivity contribution is 5.78. The number of H-pyrrole nitrogens is 1. The largest absolute Gasteiger partial charge is 0.486 e. The number of pyridine rings is 1. The first kappa shape index (κ1) is 15.1. The van der Waals surface area contributed by atoms with Crippen LogP contribution in [0.15, 0.2) is 36.7 Å². The molecule has 3 N–H and O–H groups in total. The average Bonchev–Trinajstić information content (AvgIpc) is 3.22. The number of aromatic amines is 1. The lowest BCUT2D eigenvalue weighted by Gasteiger charge is -2.09. The van der Waals surface area contributed by atoms with Crippen molar-refractivity contribution in [1.82, 2.24) is 30.2 Å². The first-order valence-electron chi connectivity index (χ1n) is 7.47. The highest BCUT2D eigenvalue weighted by Crippen LogP contribution is 2.26. The minimum atomic E-state index is -0.355. The van der Waals surface area contributed by atoms with Crippen LogP contribution in [0.1, 0.15) is 5.56 Å². The van der Waals surface area contributed by atoms with Crippen LogP contribution in [0.4, 0.5) is 10.2 Å². The minimum absolute atomic E-state index is 0.0192. The number of aryl methyl sites for hydroxylation is 1. The number of hydrogen-bond acceptors (Lipinski definition) is 6. The molecule has 3 aromatic heterocycles. The Hall–Kier alpha value is -3.49. The molecule has 0 aliphatic rings. The molecule has 0 amide bonds. The molecule has 0 radical (unpaired) electrons. The first-order valence-corrected chi connectivity index (χ1v) is 7.47. The van der Waals surface area contributed by atoms with Gasteiger partial charge in [-0.2, -0.15) is 5.10 Å². The smallest absolute Gasteiger partial charge is 0.181 e. The number of rotatable bonds is 4. The van der Waals surface area contributed by atoms with Crippen molar-refractivity contribution < 1.29 is 9.13 Å². The number of hydrogen-bond donors (Lipinski definition) is 2. The molecule has 0 aliphatic heterocycles. The summed E-state index contributed by atoms with van der Waals surface area (Å²) >= 11 is 0. The fraction of sp³-hybridized carbons (Fsp3) is 0.125. The number of nitrogens with two attached hydrogens (primary N) is 1. The number of benzene rings is 1. The summed E-state index contributed by atoms with van der Waals surface area (Å²) < 4.78 is 21.6. The zero-order valence-corrected chi connectivity index (χ0v) is 13.3. The molecule has 25 heavy (non-hydrogen) atoms. The third-order valence-electron chi connectivity index (χ3n) is 3.75. The molecule has 0 spiro atoms. The number of halogens is 1. The van der Waals surface area contributed by atoms with E-state index < -0.39 is 0 Å². The van der Waals surface area contributed by atoms with Crippen LogP contribution in [0.25, 0.3) is 22.3 Å². The third-order valence-corrected chi connectivity index (χ3v) is 3.75. The van der Waals surface area contributed by atoms with Crippen molar-refractivity contribution in [2.75, 3.05) is 5.73 Å². The molecule has 4 aromatic rings. The van der Waals surface area contributed by atoms with Crippen LogP contribution >= 0.6 is 0 Å². The van der Waals surface area contributed by atoms with E-state index >= 15 is 0 Å². The van der Waals surface area contributed by atoms with E-state index in [1.807, 2.05) is 13.2 Å². The highest BCUT2D eigenvalue weighted by Gasteiger charge is 2.12. The van der Waals surface area contributed by atoms with Crippen molar-refractivity contribution in [3.8, 4) is 16.9 Å². The van der Waals surface area contributed by atoms with Crippen LogP contribution in [0, 0.1) is 5.82 Å². The Bertz CT molecular complexity index is 1060. The zero-order chi connectivity index (χ0) is 17.4. The summed E-state index contributed by atoms with van der Waals surface area (Å²) in [5.74, 6) is 0.298. The van der Waals surface area contributed by atoms with Crippen LogP contribution in [-0.4, -0.2) is 30.2 Å². The summed E-state index contributed by atoms with van der Waals surface area (Å²) in [7, 11) is 1.83. The lowest BCUT2D eigenvalue weighted by Crippen LogP contribution is -2.01. The van der Waals surface area contributed by atoms with Crippen LogP contribution in [0.5, 0.6) is 5.75 Å². The van der Waals surface area contributed by atoms with E-state index in [0.29, 0.717) is 22.5 Å². The van der Waals surface area contributed by atoms with Crippen LogP contribution < -0.4 is 10.5 Å². The topological polar surface area (TPSA) is 108 Å². The number of fused-ring (bicyclic) bond motifs is 1. The first-order chi connectivity index (χ1) is 12.1. The number of aromatic nitrogens is 6. The molecule has 0 saturated carbocycles. The molecular weight excluding hydrogens is 325 g/mol. The highest BCUT2D eigenvalue weighted by atomic mass is 19.1. The quantitative estimate of drug-likeness (QED) is 0.589. The van der Waals surface area contributed by atoms with E-state index in [-0.39, 0.29) is 18.2 Å². The van der Waals surface area contributed by atoms with Gasteiger partial charge in [0.05, 0.1) is 6.20 Å². The van der Waals surface area contributed by atoms with Crippen LogP contribution in [0.3, 0.4) is 0 Å². The molecule has 0 atom stereocenters. The second-order valence-electron chi connectivity index (χ2n) is 5.55. The molecular formula is C16H14FN7O. The molecule has 8 nitrogen and oxygen atoms in total. The van der Waals surface area contributed by atoms with Crippen molar-refractivity contribution in [3.63, 3.8) is 0 Å². The molecule has 3 heterocycles. The van der Waals surface area contributed by atoms with Crippen molar-refractivity contribution in [2.24, 2.45) is 7.05 Å². The van der Waals surface area contributed by atoms with Crippen molar-refractivity contribution in [2.45, 2.75) is 6.61 Å². The fourth-order valence-electron chi connectivity index (χ4n) is 2.53. The summed E-state index contributed by atoms with van der Waals surface area (Å²) in [5, 5.41) is 14.3. The molecule has 0 fully saturated rings. The number of nitrogen functional groups attached to an aromatic ring is 1. The molecule has 9 heteroatoms. The molecule has 0 aliphatic carbocycles. The van der Waals surface area contributed by atoms with Gasteiger partial charge in [0.25, 0.3) is 0 Å². The fourth-order valence-corrected chi connectivity index (χ4v) is 2.53. The maximum absolute atomic E-state index is 14.2. The molecule has 1 aromatic carbocycles. The van der Waals surface area contributed by atoms with Gasteiger partial charge in [-0.1, -0.05) is 11.3 Å². The van der Waals surface area contributed by atoms with E-state index in [2.05, 4.69) is 25.5 Å². The monoisotopic (exact) mass is 339 g/mol. The summed E-state index contributed by atoms with van der Waals surface area (Å²) in [4.78, 5) is 4.06. The second-order valence-corrected chi connectivity index (χ2v) is 5.55. The Balaban J connectivity index is 1.63. The Morgan fingerprint density at radius 3 is 2.96 bits per heavy atom. The van der Waals surface area contributed by atoms with Crippen LogP contribution in [-0.2, 0) is 13.7 Å². The van der Waals surface area contributed by atoms with E-state index in [0.717, 1.165) is 11.1 Å². The van der Waals surface area contributed by atoms with E-state index in [4.69, 9.17) is 10.5 Å².